The van der Waals surface area contributed by atoms with E-state index in [1.54, 1.807) is 56.7 Å². The molecule has 0 aliphatic carbocycles. The normalized spacial score (nSPS) is 10.1. The second-order valence-corrected chi connectivity index (χ2v) is 5.86. The van der Waals surface area contributed by atoms with Crippen LogP contribution >= 0.6 is 0 Å². The molecule has 28 heavy (non-hydrogen) atoms. The molecular weight excluding hydrogens is 362 g/mol. The van der Waals surface area contributed by atoms with E-state index < -0.39 is 6.03 Å². The van der Waals surface area contributed by atoms with Crippen LogP contribution in [0.4, 0.5) is 16.2 Å². The first kappa shape index (κ1) is 21.0. The molecule has 2 aromatic rings. The van der Waals surface area contributed by atoms with E-state index in [1.807, 2.05) is 0 Å². The minimum absolute atomic E-state index is 0.0814. The smallest absolute Gasteiger partial charge is 0.323 e. The Balaban J connectivity index is 1.90. The predicted octanol–water partition coefficient (Wildman–Crippen LogP) is 2.65. The van der Waals surface area contributed by atoms with E-state index in [2.05, 4.69) is 16.0 Å². The van der Waals surface area contributed by atoms with E-state index in [0.717, 1.165) is 5.56 Å². The number of carbonyl (C=O) groups is 2. The van der Waals surface area contributed by atoms with Crippen molar-refractivity contribution < 1.29 is 23.8 Å². The zero-order valence-corrected chi connectivity index (χ0v) is 16.2. The monoisotopic (exact) mass is 387 g/mol. The molecule has 2 rings (SSSR count). The zero-order valence-electron chi connectivity index (χ0n) is 16.2. The molecule has 0 unspecified atom stereocenters. The lowest BCUT2D eigenvalue weighted by Crippen LogP contribution is -2.28. The summed E-state index contributed by atoms with van der Waals surface area (Å²) in [6.45, 7) is 0.951. The standard InChI is InChI=1S/C20H25N3O5/c1-26-11-10-21-19(24)12-14-4-6-15(7-5-14)22-20(25)23-17-9-8-16(27-2)13-18(17)28-3/h4-9,13H,10-12H2,1-3H3,(H,21,24)(H2,22,23,25). The van der Waals surface area contributed by atoms with E-state index in [0.29, 0.717) is 36.0 Å². The highest BCUT2D eigenvalue weighted by molar-refractivity contribution is 6.00. The topological polar surface area (TPSA) is 97.9 Å². The van der Waals surface area contributed by atoms with E-state index >= 15 is 0 Å². The predicted molar refractivity (Wildman–Crippen MR) is 107 cm³/mol. The fourth-order valence-electron chi connectivity index (χ4n) is 2.43. The van der Waals surface area contributed by atoms with Crippen molar-refractivity contribution in [3.63, 3.8) is 0 Å². The highest BCUT2D eigenvalue weighted by atomic mass is 16.5. The van der Waals surface area contributed by atoms with Gasteiger partial charge in [0, 0.05) is 25.4 Å². The Morgan fingerprint density at radius 2 is 1.68 bits per heavy atom. The Hall–Kier alpha value is -3.26. The second-order valence-electron chi connectivity index (χ2n) is 5.86. The Bertz CT molecular complexity index is 793. The number of anilines is 2. The van der Waals surface area contributed by atoms with Crippen molar-refractivity contribution in [3.8, 4) is 11.5 Å². The Labute approximate surface area is 164 Å². The maximum Gasteiger partial charge on any atom is 0.323 e. The van der Waals surface area contributed by atoms with Crippen LogP contribution in [0.25, 0.3) is 0 Å². The number of benzene rings is 2. The lowest BCUT2D eigenvalue weighted by molar-refractivity contribution is -0.120. The molecule has 8 heteroatoms. The van der Waals surface area contributed by atoms with Crippen LogP contribution in [0, 0.1) is 0 Å². The number of hydrogen-bond acceptors (Lipinski definition) is 5. The van der Waals surface area contributed by atoms with Crippen molar-refractivity contribution in [3.05, 3.63) is 48.0 Å². The van der Waals surface area contributed by atoms with Crippen LogP contribution in [0.15, 0.2) is 42.5 Å². The van der Waals surface area contributed by atoms with Gasteiger partial charge in [0.15, 0.2) is 0 Å². The van der Waals surface area contributed by atoms with Gasteiger partial charge in [0.1, 0.15) is 11.5 Å². The average Bonchev–Trinajstić information content (AvgIpc) is 2.70. The molecule has 0 bridgehead atoms. The van der Waals surface area contributed by atoms with E-state index in [9.17, 15) is 9.59 Å². The summed E-state index contributed by atoms with van der Waals surface area (Å²) in [6.07, 6.45) is 0.263. The second kappa shape index (κ2) is 10.8. The number of nitrogens with one attached hydrogen (secondary N) is 3. The Morgan fingerprint density at radius 1 is 0.929 bits per heavy atom. The SMILES string of the molecule is COCCNC(=O)Cc1ccc(NC(=O)Nc2ccc(OC)cc2OC)cc1. The molecule has 0 radical (unpaired) electrons. The third-order valence-corrected chi connectivity index (χ3v) is 3.86. The molecule has 8 nitrogen and oxygen atoms in total. The lowest BCUT2D eigenvalue weighted by atomic mass is 10.1. The Kier molecular flexibility index (Phi) is 8.11. The molecule has 0 fully saturated rings. The van der Waals surface area contributed by atoms with Crippen LogP contribution in [0.3, 0.4) is 0 Å². The van der Waals surface area contributed by atoms with Gasteiger partial charge in [-0.15, -0.1) is 0 Å². The lowest BCUT2D eigenvalue weighted by Gasteiger charge is -2.12. The summed E-state index contributed by atoms with van der Waals surface area (Å²) in [6, 6.07) is 11.8. The van der Waals surface area contributed by atoms with Crippen LogP contribution in [0.1, 0.15) is 5.56 Å². The first-order valence-corrected chi connectivity index (χ1v) is 8.70. The number of methoxy groups -OCH3 is 3. The molecule has 3 amide bonds. The highest BCUT2D eigenvalue weighted by Gasteiger charge is 2.09. The summed E-state index contributed by atoms with van der Waals surface area (Å²) in [7, 11) is 4.66. The van der Waals surface area contributed by atoms with E-state index in [1.165, 1.54) is 7.11 Å². The number of amides is 3. The van der Waals surface area contributed by atoms with Crippen LogP contribution in [0.2, 0.25) is 0 Å². The molecule has 3 N–H and O–H groups in total. The van der Waals surface area contributed by atoms with Gasteiger partial charge in [0.25, 0.3) is 0 Å². The number of rotatable bonds is 9. The maximum absolute atomic E-state index is 12.2. The molecule has 0 aliphatic rings. The molecule has 0 heterocycles. The molecule has 0 saturated heterocycles. The quantitative estimate of drug-likeness (QED) is 0.575. The molecule has 0 atom stereocenters. The average molecular weight is 387 g/mol. The minimum Gasteiger partial charge on any atom is -0.497 e. The van der Waals surface area contributed by atoms with Gasteiger partial charge in [-0.25, -0.2) is 4.79 Å². The van der Waals surface area contributed by atoms with Gasteiger partial charge in [-0.1, -0.05) is 12.1 Å². The highest BCUT2D eigenvalue weighted by Crippen LogP contribution is 2.29. The fourth-order valence-corrected chi connectivity index (χ4v) is 2.43. The summed E-state index contributed by atoms with van der Waals surface area (Å²) in [4.78, 5) is 24.0. The largest absolute Gasteiger partial charge is 0.497 e. The number of ether oxygens (including phenoxy) is 3. The fraction of sp³-hybridized carbons (Fsp3) is 0.300. The van der Waals surface area contributed by atoms with E-state index in [4.69, 9.17) is 14.2 Å². The van der Waals surface area contributed by atoms with Crippen molar-refractivity contribution in [2.75, 3.05) is 45.1 Å². The van der Waals surface area contributed by atoms with E-state index in [-0.39, 0.29) is 12.3 Å². The van der Waals surface area contributed by atoms with Gasteiger partial charge in [0.05, 0.1) is 32.9 Å². The molecule has 0 aliphatic heterocycles. The number of carbonyl (C=O) groups excluding carboxylic acids is 2. The summed E-state index contributed by atoms with van der Waals surface area (Å²) < 4.78 is 15.3. The first-order valence-electron chi connectivity index (χ1n) is 8.70. The van der Waals surface area contributed by atoms with Crippen molar-refractivity contribution >= 4 is 23.3 Å². The van der Waals surface area contributed by atoms with Gasteiger partial charge in [-0.05, 0) is 29.8 Å². The summed E-state index contributed by atoms with van der Waals surface area (Å²) in [5.74, 6) is 1.04. The Morgan fingerprint density at radius 3 is 2.32 bits per heavy atom. The third kappa shape index (κ3) is 6.48. The number of hydrogen-bond donors (Lipinski definition) is 3. The maximum atomic E-state index is 12.2. The van der Waals surface area contributed by atoms with Crippen LogP contribution in [-0.4, -0.2) is 46.4 Å². The molecule has 0 spiro atoms. The van der Waals surface area contributed by atoms with Crippen molar-refractivity contribution in [1.82, 2.24) is 5.32 Å². The molecule has 0 aromatic heterocycles. The zero-order chi connectivity index (χ0) is 20.4. The number of urea groups is 1. The summed E-state index contributed by atoms with van der Waals surface area (Å²) in [5.41, 5.74) is 1.97. The first-order chi connectivity index (χ1) is 13.5. The van der Waals surface area contributed by atoms with Gasteiger partial charge >= 0.3 is 6.03 Å². The molecule has 150 valence electrons. The van der Waals surface area contributed by atoms with Crippen molar-refractivity contribution in [2.24, 2.45) is 0 Å². The molecule has 0 saturated carbocycles. The van der Waals surface area contributed by atoms with Gasteiger partial charge in [0.2, 0.25) is 5.91 Å². The summed E-state index contributed by atoms with van der Waals surface area (Å²) in [5, 5.41) is 8.23. The van der Waals surface area contributed by atoms with Crippen molar-refractivity contribution in [1.29, 1.82) is 0 Å². The summed E-state index contributed by atoms with van der Waals surface area (Å²) >= 11 is 0. The van der Waals surface area contributed by atoms with Crippen LogP contribution in [0.5, 0.6) is 11.5 Å². The minimum atomic E-state index is -0.409. The van der Waals surface area contributed by atoms with Crippen LogP contribution in [-0.2, 0) is 16.0 Å². The third-order valence-electron chi connectivity index (χ3n) is 3.86. The molecule has 2 aromatic carbocycles. The molecular formula is C20H25N3O5. The van der Waals surface area contributed by atoms with Gasteiger partial charge in [-0.3, -0.25) is 4.79 Å². The van der Waals surface area contributed by atoms with Crippen molar-refractivity contribution in [2.45, 2.75) is 6.42 Å². The van der Waals surface area contributed by atoms with Gasteiger partial charge < -0.3 is 30.2 Å². The van der Waals surface area contributed by atoms with Gasteiger partial charge in [-0.2, -0.15) is 0 Å². The van der Waals surface area contributed by atoms with Crippen LogP contribution < -0.4 is 25.4 Å².